The van der Waals surface area contributed by atoms with Gasteiger partial charge < -0.3 is 15.2 Å². The number of halogens is 10. The third kappa shape index (κ3) is 19.5. The summed E-state index contributed by atoms with van der Waals surface area (Å²) in [6.45, 7) is 4.00. The fraction of sp³-hybridized carbons (Fsp3) is 0.0761. The highest BCUT2D eigenvalue weighted by molar-refractivity contribution is 14.1. The first-order valence-corrected chi connectivity index (χ1v) is 41.8. The number of aliphatic hydroxyl groups is 1. The summed E-state index contributed by atoms with van der Waals surface area (Å²) in [4.78, 5) is 12.0. The van der Waals surface area contributed by atoms with Gasteiger partial charge in [-0.2, -0.15) is 8.42 Å². The number of fused-ring (bicyclic) bond motifs is 16. The van der Waals surface area contributed by atoms with E-state index in [0.717, 1.165) is 106 Å². The fourth-order valence-corrected chi connectivity index (χ4v) is 17.1. The van der Waals surface area contributed by atoms with Gasteiger partial charge in [0.2, 0.25) is 0 Å². The van der Waals surface area contributed by atoms with Gasteiger partial charge in [0, 0.05) is 96.0 Å². The molecule has 8 nitrogen and oxygen atoms in total. The van der Waals surface area contributed by atoms with Gasteiger partial charge in [-0.1, -0.05) is 383 Å². The molecule has 2 unspecified atom stereocenters. The molecule has 20 heteroatoms. The van der Waals surface area contributed by atoms with Crippen molar-refractivity contribution in [1.29, 1.82) is 0 Å². The minimum Gasteiger partial charge on any atom is -0.423 e. The molecule has 14 aromatic rings. The van der Waals surface area contributed by atoms with E-state index in [0.29, 0.717) is 15.5 Å². The first kappa shape index (κ1) is 90.4. The maximum Gasteiger partial charge on any atom is 0.489 e. The molecule has 1 spiro atoms. The van der Waals surface area contributed by atoms with Crippen LogP contribution < -0.4 is 5.46 Å². The Bertz CT molecular complexity index is 5740. The third-order valence-electron chi connectivity index (χ3n) is 18.2. The van der Waals surface area contributed by atoms with Gasteiger partial charge in [-0.3, -0.25) is 13.9 Å². The summed E-state index contributed by atoms with van der Waals surface area (Å²) in [7, 11) is -6.14. The van der Waals surface area contributed by atoms with Gasteiger partial charge in [-0.05, 0) is 190 Å². The number of hydrogen-bond acceptors (Lipinski definition) is 6. The van der Waals surface area contributed by atoms with E-state index in [1.807, 2.05) is 208 Å². The molecule has 0 saturated heterocycles. The molecule has 112 heavy (non-hydrogen) atoms. The van der Waals surface area contributed by atoms with Gasteiger partial charge in [0.1, 0.15) is 5.60 Å². The van der Waals surface area contributed by atoms with Crippen LogP contribution >= 0.6 is 149 Å². The molecule has 2 atom stereocenters. The number of benzene rings is 14. The molecular formula is C92H75BBr5Cl4IO8S. The summed E-state index contributed by atoms with van der Waals surface area (Å²) < 4.78 is 38.1. The van der Waals surface area contributed by atoms with Crippen LogP contribution in [0.4, 0.5) is 0 Å². The lowest BCUT2D eigenvalue weighted by atomic mass is 9.70. The molecule has 18 rings (SSSR count). The lowest BCUT2D eigenvalue weighted by Crippen LogP contribution is -2.30. The van der Waals surface area contributed by atoms with Gasteiger partial charge in [0.15, 0.2) is 5.78 Å². The highest BCUT2D eigenvalue weighted by Gasteiger charge is 2.52. The highest BCUT2D eigenvalue weighted by Crippen LogP contribution is 2.64. The second kappa shape index (κ2) is 40.4. The monoisotopic (exact) mass is 2010 g/mol. The van der Waals surface area contributed by atoms with Crippen molar-refractivity contribution in [2.75, 3.05) is 0 Å². The Labute approximate surface area is 732 Å². The van der Waals surface area contributed by atoms with Crippen LogP contribution in [0, 0.1) is 3.57 Å². The van der Waals surface area contributed by atoms with Crippen molar-refractivity contribution in [2.24, 2.45) is 0 Å². The Morgan fingerprint density at radius 3 is 1.14 bits per heavy atom. The van der Waals surface area contributed by atoms with Crippen LogP contribution in [0.15, 0.2) is 338 Å². The minimum absolute atomic E-state index is 0. The van der Waals surface area contributed by atoms with Crippen molar-refractivity contribution in [1.82, 2.24) is 0 Å². The fourth-order valence-electron chi connectivity index (χ4n) is 13.8. The van der Waals surface area contributed by atoms with E-state index >= 15 is 0 Å². The topological polar surface area (TPSA) is 152 Å². The average molecular weight is 2020 g/mol. The van der Waals surface area contributed by atoms with E-state index < -0.39 is 23.1 Å². The zero-order valence-corrected chi connectivity index (χ0v) is 71.7. The van der Waals surface area contributed by atoms with Crippen molar-refractivity contribution in [2.45, 2.75) is 47.1 Å². The van der Waals surface area contributed by atoms with E-state index in [4.69, 9.17) is 74.0 Å². The standard InChI is InChI=1S/C25H16BrClO.C25H14BrCl.C13H7BrO.C12H8BrCl.C6H6BClO2.C6H4BrI.C2H6.3CH4.H2O4S/c26-16-13-14-19-17-7-1-4-10-21(17)25(28,23(19)15-16)22-11-5-2-8-18(22)20-9-3-6-12-24(20)27;26-15-12-13-17-16-6-1-3-8-19(16)25(22(17)14-15)20-9-4-2-7-18(20)24-21(25)10-5-11-23(24)27;14-8-5-6-10-9-3-1-2-4-11(9)13(15)12(10)7-8;13-11-7-3-1-5-9(11)10-6-2-4-8-12(10)14;8-6-4-2-1-3-5(6)7(9)10;7-5-3-1-2-4-6(5)8;1-2;;;;1-5(2,3)4/h1-15,28H;1-14H;1-7H;1-8H;1-4,9-10H;1-4H;1-2H3;3*1H4;(H2,1,2,3,4). The Morgan fingerprint density at radius 2 is 0.661 bits per heavy atom. The van der Waals surface area contributed by atoms with Crippen LogP contribution in [-0.2, 0) is 21.4 Å². The molecule has 0 aliphatic heterocycles. The number of rotatable bonds is 4. The molecule has 14 aromatic carbocycles. The van der Waals surface area contributed by atoms with E-state index in [9.17, 15) is 9.90 Å². The van der Waals surface area contributed by atoms with Crippen LogP contribution in [0.25, 0.3) is 66.8 Å². The average Bonchev–Trinajstić information content (AvgIpc) is 1.51. The Kier molecular flexibility index (Phi) is 32.6. The van der Waals surface area contributed by atoms with Crippen LogP contribution in [0.1, 0.15) is 91.0 Å². The lowest BCUT2D eigenvalue weighted by Gasteiger charge is -2.30. The largest absolute Gasteiger partial charge is 0.489 e. The molecule has 0 bridgehead atoms. The lowest BCUT2D eigenvalue weighted by molar-refractivity contribution is 0.104. The number of carbonyl (C=O) groups is 1. The van der Waals surface area contributed by atoms with E-state index in [1.165, 1.54) is 47.0 Å². The summed E-state index contributed by atoms with van der Waals surface area (Å²) in [5.74, 6) is 0.127. The van der Waals surface area contributed by atoms with Crippen molar-refractivity contribution >= 4 is 177 Å². The molecule has 0 saturated carbocycles. The maximum atomic E-state index is 12.3. The van der Waals surface area contributed by atoms with Gasteiger partial charge in [0.05, 0.1) is 5.41 Å². The molecule has 5 N–H and O–H groups in total. The minimum atomic E-state index is -4.67. The van der Waals surface area contributed by atoms with Crippen LogP contribution in [-0.4, -0.2) is 45.6 Å². The zero-order valence-electron chi connectivity index (χ0n) is 57.7. The summed E-state index contributed by atoms with van der Waals surface area (Å²) >= 11 is 44.8. The van der Waals surface area contributed by atoms with Crippen molar-refractivity contribution in [3.05, 3.63) is 412 Å². The summed E-state index contributed by atoms with van der Waals surface area (Å²) in [6, 6.07) is 105. The van der Waals surface area contributed by atoms with Gasteiger partial charge in [-0.15, -0.1) is 0 Å². The molecule has 0 heterocycles. The van der Waals surface area contributed by atoms with Crippen molar-refractivity contribution in [3.63, 3.8) is 0 Å². The molecule has 4 aliphatic carbocycles. The maximum absolute atomic E-state index is 12.3. The van der Waals surface area contributed by atoms with Crippen molar-refractivity contribution in [3.8, 4) is 66.8 Å². The van der Waals surface area contributed by atoms with Gasteiger partial charge in [0.25, 0.3) is 0 Å². The molecule has 0 radical (unpaired) electrons. The molecule has 0 fully saturated rings. The second-order valence-electron chi connectivity index (χ2n) is 24.4. The number of carbonyl (C=O) groups excluding carboxylic acids is 1. The Hall–Kier alpha value is -7.15. The van der Waals surface area contributed by atoms with E-state index in [2.05, 4.69) is 199 Å². The molecular weight excluding hydrogens is 1940 g/mol. The van der Waals surface area contributed by atoms with E-state index in [1.54, 1.807) is 24.3 Å². The predicted molar refractivity (Wildman–Crippen MR) is 495 cm³/mol. The predicted octanol–water partition coefficient (Wildman–Crippen LogP) is 28.3. The third-order valence-corrected chi connectivity index (χ3v) is 24.1. The molecule has 0 amide bonds. The Balaban J connectivity index is 0.000000173. The normalized spacial score (nSPS) is 13.7. The summed E-state index contributed by atoms with van der Waals surface area (Å²) in [5.41, 5.74) is 21.5. The van der Waals surface area contributed by atoms with Gasteiger partial charge in [-0.25, -0.2) is 0 Å². The molecule has 0 aromatic heterocycles. The van der Waals surface area contributed by atoms with Crippen LogP contribution in [0.2, 0.25) is 20.1 Å². The zero-order chi connectivity index (χ0) is 77.9. The van der Waals surface area contributed by atoms with Crippen molar-refractivity contribution < 1.29 is 37.5 Å². The van der Waals surface area contributed by atoms with E-state index in [-0.39, 0.29) is 33.5 Å². The quantitative estimate of drug-likeness (QED) is 0.0664. The number of hydrogen-bond donors (Lipinski definition) is 5. The number of ketones is 1. The first-order valence-electron chi connectivity index (χ1n) is 33.8. The summed E-state index contributed by atoms with van der Waals surface area (Å²) in [6.07, 6.45) is 0. The molecule has 570 valence electrons. The van der Waals surface area contributed by atoms with Crippen LogP contribution in [0.5, 0.6) is 0 Å². The molecule has 4 aliphatic rings. The Morgan fingerprint density at radius 1 is 0.330 bits per heavy atom. The highest BCUT2D eigenvalue weighted by atomic mass is 127. The second-order valence-corrected chi connectivity index (χ2v) is 32.6. The first-order chi connectivity index (χ1) is 52.4. The summed E-state index contributed by atoms with van der Waals surface area (Å²) in [5, 5.41) is 32.2. The smallest absolute Gasteiger partial charge is 0.423 e. The van der Waals surface area contributed by atoms with Gasteiger partial charge >= 0.3 is 17.5 Å². The van der Waals surface area contributed by atoms with Crippen LogP contribution in [0.3, 0.4) is 0 Å². The SMILES string of the molecule is Brc1ccccc1I.C.C.C.CC.Clc1cccc2c1-c1ccccc1C21c2ccccc2-c2ccc(Br)cc21.Clc1ccccc1-c1ccccc1Br.O=C1c2ccccc2-c2ccc(Br)cc21.O=S(=O)(O)O.OB(O)c1ccccc1Cl.OC1(c2ccccc2-c2ccccc2Cl)c2ccccc2-c2ccc(Br)cc21.